The normalized spacial score (nSPS) is 12.3. The van der Waals surface area contributed by atoms with Gasteiger partial charge in [-0.3, -0.25) is 4.79 Å². The maximum absolute atomic E-state index is 12.2. The standard InChI is InChI=1S/C12H16F2N2O2/c1-8(16-11(17)7-15-2)9-5-3-4-6-10(9)18-12(13)14/h3-6,8,12,15H,7H2,1-2H3,(H,16,17). The van der Waals surface area contributed by atoms with Crippen LogP contribution in [0.4, 0.5) is 8.78 Å². The predicted octanol–water partition coefficient (Wildman–Crippen LogP) is 1.68. The van der Waals surface area contributed by atoms with E-state index in [4.69, 9.17) is 0 Å². The second kappa shape index (κ2) is 6.90. The molecule has 1 aromatic rings. The Labute approximate surface area is 104 Å². The van der Waals surface area contributed by atoms with Crippen molar-refractivity contribution in [2.45, 2.75) is 19.6 Å². The highest BCUT2D eigenvalue weighted by Crippen LogP contribution is 2.26. The Kier molecular flexibility index (Phi) is 5.51. The summed E-state index contributed by atoms with van der Waals surface area (Å²) >= 11 is 0. The third kappa shape index (κ3) is 4.29. The molecule has 1 atom stereocenters. The summed E-state index contributed by atoms with van der Waals surface area (Å²) in [5.74, 6) is -0.137. The van der Waals surface area contributed by atoms with E-state index in [0.717, 1.165) is 0 Å². The number of alkyl halides is 2. The van der Waals surface area contributed by atoms with Gasteiger partial charge in [0.2, 0.25) is 5.91 Å². The summed E-state index contributed by atoms with van der Waals surface area (Å²) in [7, 11) is 1.65. The lowest BCUT2D eigenvalue weighted by Gasteiger charge is -2.17. The molecule has 0 aliphatic heterocycles. The number of nitrogens with one attached hydrogen (secondary N) is 2. The van der Waals surface area contributed by atoms with Gasteiger partial charge in [0.1, 0.15) is 5.75 Å². The van der Waals surface area contributed by atoms with Crippen LogP contribution in [0.5, 0.6) is 5.75 Å². The van der Waals surface area contributed by atoms with E-state index in [-0.39, 0.29) is 18.2 Å². The minimum absolute atomic E-state index is 0.0738. The summed E-state index contributed by atoms with van der Waals surface area (Å²) in [6.07, 6.45) is 0. The molecule has 1 amide bonds. The number of ether oxygens (including phenoxy) is 1. The van der Waals surface area contributed by atoms with Crippen molar-refractivity contribution in [3.8, 4) is 5.75 Å². The fourth-order valence-corrected chi connectivity index (χ4v) is 1.57. The predicted molar refractivity (Wildman–Crippen MR) is 63.6 cm³/mol. The maximum Gasteiger partial charge on any atom is 0.387 e. The molecule has 0 radical (unpaired) electrons. The van der Waals surface area contributed by atoms with Gasteiger partial charge in [-0.05, 0) is 20.0 Å². The molecule has 0 fully saturated rings. The molecule has 0 saturated carbocycles. The average molecular weight is 258 g/mol. The minimum Gasteiger partial charge on any atom is -0.434 e. The average Bonchev–Trinajstić information content (AvgIpc) is 2.28. The van der Waals surface area contributed by atoms with Gasteiger partial charge in [-0.15, -0.1) is 0 Å². The molecule has 1 rings (SSSR count). The zero-order valence-corrected chi connectivity index (χ0v) is 10.2. The number of carbonyl (C=O) groups excluding carboxylic acids is 1. The fraction of sp³-hybridized carbons (Fsp3) is 0.417. The van der Waals surface area contributed by atoms with Gasteiger partial charge in [-0.25, -0.2) is 0 Å². The molecule has 0 aromatic heterocycles. The van der Waals surface area contributed by atoms with Crippen LogP contribution in [0.25, 0.3) is 0 Å². The number of rotatable bonds is 6. The Balaban J connectivity index is 2.78. The van der Waals surface area contributed by atoms with E-state index in [1.807, 2.05) is 0 Å². The molecule has 1 aromatic carbocycles. The van der Waals surface area contributed by atoms with E-state index in [2.05, 4.69) is 15.4 Å². The van der Waals surface area contributed by atoms with Crippen molar-refractivity contribution in [3.05, 3.63) is 29.8 Å². The Morgan fingerprint density at radius 3 is 2.67 bits per heavy atom. The fourth-order valence-electron chi connectivity index (χ4n) is 1.57. The number of carbonyl (C=O) groups is 1. The lowest BCUT2D eigenvalue weighted by atomic mass is 10.1. The number of amides is 1. The SMILES string of the molecule is CNCC(=O)NC(C)c1ccccc1OC(F)F. The van der Waals surface area contributed by atoms with Crippen molar-refractivity contribution >= 4 is 5.91 Å². The monoisotopic (exact) mass is 258 g/mol. The van der Waals surface area contributed by atoms with Crippen LogP contribution in [0.1, 0.15) is 18.5 Å². The summed E-state index contributed by atoms with van der Waals surface area (Å²) in [6.45, 7) is -1.00. The number of benzene rings is 1. The first-order chi connectivity index (χ1) is 8.54. The zero-order valence-electron chi connectivity index (χ0n) is 10.2. The smallest absolute Gasteiger partial charge is 0.387 e. The Morgan fingerprint density at radius 2 is 2.06 bits per heavy atom. The van der Waals surface area contributed by atoms with Gasteiger partial charge in [-0.2, -0.15) is 8.78 Å². The summed E-state index contributed by atoms with van der Waals surface area (Å²) in [4.78, 5) is 11.4. The molecule has 18 heavy (non-hydrogen) atoms. The number of hydrogen-bond donors (Lipinski definition) is 2. The second-order valence-corrected chi connectivity index (χ2v) is 3.74. The first kappa shape index (κ1) is 14.4. The van der Waals surface area contributed by atoms with E-state index in [1.165, 1.54) is 6.07 Å². The van der Waals surface area contributed by atoms with Crippen LogP contribution < -0.4 is 15.4 Å². The highest BCUT2D eigenvalue weighted by Gasteiger charge is 2.15. The highest BCUT2D eigenvalue weighted by atomic mass is 19.3. The van der Waals surface area contributed by atoms with E-state index in [0.29, 0.717) is 5.56 Å². The first-order valence-electron chi connectivity index (χ1n) is 5.52. The molecule has 100 valence electrons. The van der Waals surface area contributed by atoms with Crippen LogP contribution in [0.3, 0.4) is 0 Å². The van der Waals surface area contributed by atoms with Gasteiger partial charge in [-0.1, -0.05) is 18.2 Å². The van der Waals surface area contributed by atoms with Crippen LogP contribution in [0, 0.1) is 0 Å². The van der Waals surface area contributed by atoms with Crippen molar-refractivity contribution in [2.24, 2.45) is 0 Å². The van der Waals surface area contributed by atoms with Crippen molar-refractivity contribution < 1.29 is 18.3 Å². The van der Waals surface area contributed by atoms with Crippen LogP contribution in [0.15, 0.2) is 24.3 Å². The summed E-state index contributed by atoms with van der Waals surface area (Å²) in [5, 5.41) is 5.39. The van der Waals surface area contributed by atoms with E-state index < -0.39 is 12.7 Å². The molecule has 1 unspecified atom stereocenters. The second-order valence-electron chi connectivity index (χ2n) is 3.74. The molecule has 0 bridgehead atoms. The van der Waals surface area contributed by atoms with Gasteiger partial charge in [0.15, 0.2) is 0 Å². The Hall–Kier alpha value is -1.69. The van der Waals surface area contributed by atoms with Crippen molar-refractivity contribution in [1.82, 2.24) is 10.6 Å². The number of likely N-dealkylation sites (N-methyl/N-ethyl adjacent to an activating group) is 1. The van der Waals surface area contributed by atoms with Gasteiger partial charge in [0.25, 0.3) is 0 Å². The molecule has 2 N–H and O–H groups in total. The third-order valence-corrected chi connectivity index (χ3v) is 2.32. The van der Waals surface area contributed by atoms with Crippen LogP contribution in [-0.2, 0) is 4.79 Å². The van der Waals surface area contributed by atoms with Crippen molar-refractivity contribution in [3.63, 3.8) is 0 Å². The Bertz CT molecular complexity index is 399. The number of hydrogen-bond acceptors (Lipinski definition) is 3. The lowest BCUT2D eigenvalue weighted by Crippen LogP contribution is -2.34. The highest BCUT2D eigenvalue weighted by molar-refractivity contribution is 5.78. The molecule has 0 aliphatic rings. The van der Waals surface area contributed by atoms with Gasteiger partial charge in [0, 0.05) is 5.56 Å². The van der Waals surface area contributed by atoms with E-state index >= 15 is 0 Å². The molecule has 0 aliphatic carbocycles. The first-order valence-corrected chi connectivity index (χ1v) is 5.52. The topological polar surface area (TPSA) is 50.4 Å². The summed E-state index contributed by atoms with van der Waals surface area (Å²) in [6, 6.07) is 5.99. The summed E-state index contributed by atoms with van der Waals surface area (Å²) in [5.41, 5.74) is 0.516. The van der Waals surface area contributed by atoms with Crippen LogP contribution >= 0.6 is 0 Å². The molecule has 0 spiro atoms. The molecule has 0 heterocycles. The minimum atomic E-state index is -2.88. The quantitative estimate of drug-likeness (QED) is 0.816. The van der Waals surface area contributed by atoms with Crippen LogP contribution in [-0.4, -0.2) is 26.1 Å². The van der Waals surface area contributed by atoms with E-state index in [1.54, 1.807) is 32.2 Å². The molecule has 4 nitrogen and oxygen atoms in total. The van der Waals surface area contributed by atoms with Gasteiger partial charge < -0.3 is 15.4 Å². The zero-order chi connectivity index (χ0) is 13.5. The largest absolute Gasteiger partial charge is 0.434 e. The van der Waals surface area contributed by atoms with Gasteiger partial charge in [0.05, 0.1) is 12.6 Å². The van der Waals surface area contributed by atoms with Crippen LogP contribution in [0.2, 0.25) is 0 Å². The lowest BCUT2D eigenvalue weighted by molar-refractivity contribution is -0.120. The number of halogens is 2. The Morgan fingerprint density at radius 1 is 1.39 bits per heavy atom. The van der Waals surface area contributed by atoms with Crippen molar-refractivity contribution in [2.75, 3.05) is 13.6 Å². The third-order valence-electron chi connectivity index (χ3n) is 2.32. The van der Waals surface area contributed by atoms with Crippen molar-refractivity contribution in [1.29, 1.82) is 0 Å². The molecule has 0 saturated heterocycles. The molecular weight excluding hydrogens is 242 g/mol. The number of para-hydroxylation sites is 1. The van der Waals surface area contributed by atoms with Gasteiger partial charge >= 0.3 is 6.61 Å². The maximum atomic E-state index is 12.2. The summed E-state index contributed by atoms with van der Waals surface area (Å²) < 4.78 is 28.9. The molecule has 6 heteroatoms. The molecular formula is C12H16F2N2O2. The van der Waals surface area contributed by atoms with E-state index in [9.17, 15) is 13.6 Å².